The third kappa shape index (κ3) is 3.27. The summed E-state index contributed by atoms with van der Waals surface area (Å²) in [6.45, 7) is 0.332. The SMILES string of the molecule is O=C(CCl)O/N=C1/C(=O)N(Cc2cccc(Cl)c2)c2ccccc21. The van der Waals surface area contributed by atoms with Crippen LogP contribution in [0.5, 0.6) is 0 Å². The van der Waals surface area contributed by atoms with Crippen LogP contribution in [0.3, 0.4) is 0 Å². The fraction of sp³-hybridized carbons (Fsp3) is 0.118. The first kappa shape index (κ1) is 16.5. The van der Waals surface area contributed by atoms with Crippen molar-refractivity contribution in [2.75, 3.05) is 10.8 Å². The van der Waals surface area contributed by atoms with Gasteiger partial charge in [-0.25, -0.2) is 4.79 Å². The third-order valence-corrected chi connectivity index (χ3v) is 3.93. The minimum Gasteiger partial charge on any atom is -0.316 e. The van der Waals surface area contributed by atoms with Crippen molar-refractivity contribution in [3.63, 3.8) is 0 Å². The van der Waals surface area contributed by atoms with Gasteiger partial charge in [0.05, 0.1) is 12.2 Å². The topological polar surface area (TPSA) is 59.0 Å². The summed E-state index contributed by atoms with van der Waals surface area (Å²) >= 11 is 11.4. The van der Waals surface area contributed by atoms with E-state index < -0.39 is 5.97 Å². The maximum atomic E-state index is 12.7. The van der Waals surface area contributed by atoms with Crippen molar-refractivity contribution in [3.8, 4) is 0 Å². The van der Waals surface area contributed by atoms with Gasteiger partial charge in [-0.15, -0.1) is 11.6 Å². The Morgan fingerprint density at radius 1 is 1.17 bits per heavy atom. The first-order valence-electron chi connectivity index (χ1n) is 7.09. The molecular formula is C17H12Cl2N2O3. The van der Waals surface area contributed by atoms with Crippen molar-refractivity contribution in [1.82, 2.24) is 0 Å². The number of benzene rings is 2. The van der Waals surface area contributed by atoms with E-state index in [-0.39, 0.29) is 17.5 Å². The van der Waals surface area contributed by atoms with Gasteiger partial charge in [-0.05, 0) is 23.8 Å². The van der Waals surface area contributed by atoms with E-state index in [1.54, 1.807) is 29.2 Å². The molecule has 24 heavy (non-hydrogen) atoms. The Balaban J connectivity index is 1.94. The van der Waals surface area contributed by atoms with Crippen molar-refractivity contribution in [2.45, 2.75) is 6.54 Å². The van der Waals surface area contributed by atoms with Crippen LogP contribution in [0.2, 0.25) is 5.02 Å². The molecule has 5 nitrogen and oxygen atoms in total. The van der Waals surface area contributed by atoms with Crippen molar-refractivity contribution in [1.29, 1.82) is 0 Å². The molecule has 0 fully saturated rings. The molecule has 0 aliphatic carbocycles. The number of anilines is 1. The maximum Gasteiger partial charge on any atom is 0.349 e. The highest BCUT2D eigenvalue weighted by molar-refractivity contribution is 6.54. The van der Waals surface area contributed by atoms with Crippen LogP contribution in [0.1, 0.15) is 11.1 Å². The van der Waals surface area contributed by atoms with Crippen LogP contribution in [-0.2, 0) is 21.0 Å². The number of rotatable bonds is 4. The van der Waals surface area contributed by atoms with Crippen LogP contribution < -0.4 is 4.90 Å². The van der Waals surface area contributed by atoms with Crippen molar-refractivity contribution < 1.29 is 14.4 Å². The second kappa shape index (κ2) is 7.03. The lowest BCUT2D eigenvalue weighted by molar-refractivity contribution is -0.140. The van der Waals surface area contributed by atoms with E-state index in [0.717, 1.165) is 5.56 Å². The summed E-state index contributed by atoms with van der Waals surface area (Å²) in [5, 5.41) is 4.29. The quantitative estimate of drug-likeness (QED) is 0.475. The standard InChI is InChI=1S/C17H12Cl2N2O3/c18-9-15(22)24-20-16-13-6-1-2-7-14(13)21(17(16)23)10-11-4-3-5-12(19)8-11/h1-8H,9-10H2/b20-16+. The Labute approximate surface area is 148 Å². The number of fused-ring (bicyclic) bond motifs is 1. The molecule has 0 radical (unpaired) electrons. The number of hydrogen-bond acceptors (Lipinski definition) is 4. The fourth-order valence-corrected chi connectivity index (χ4v) is 2.71. The molecule has 0 aromatic heterocycles. The van der Waals surface area contributed by atoms with Crippen molar-refractivity contribution in [2.24, 2.45) is 5.16 Å². The number of alkyl halides is 1. The predicted molar refractivity (Wildman–Crippen MR) is 92.4 cm³/mol. The largest absolute Gasteiger partial charge is 0.349 e. The lowest BCUT2D eigenvalue weighted by Gasteiger charge is -2.16. The van der Waals surface area contributed by atoms with E-state index in [4.69, 9.17) is 23.2 Å². The first-order chi connectivity index (χ1) is 11.6. The van der Waals surface area contributed by atoms with Gasteiger partial charge >= 0.3 is 5.97 Å². The summed E-state index contributed by atoms with van der Waals surface area (Å²) in [6, 6.07) is 14.4. The zero-order valence-electron chi connectivity index (χ0n) is 12.4. The molecule has 0 saturated heterocycles. The second-order valence-electron chi connectivity index (χ2n) is 5.08. The molecule has 1 aliphatic heterocycles. The number of para-hydroxylation sites is 1. The van der Waals surface area contributed by atoms with Crippen LogP contribution in [0.25, 0.3) is 0 Å². The summed E-state index contributed by atoms with van der Waals surface area (Å²) in [5.41, 5.74) is 2.26. The highest BCUT2D eigenvalue weighted by atomic mass is 35.5. The third-order valence-electron chi connectivity index (χ3n) is 3.48. The average molecular weight is 363 g/mol. The fourth-order valence-electron chi connectivity index (χ4n) is 2.45. The van der Waals surface area contributed by atoms with E-state index in [2.05, 4.69) is 9.99 Å². The molecule has 1 amide bonds. The highest BCUT2D eigenvalue weighted by Crippen LogP contribution is 2.31. The molecule has 0 atom stereocenters. The van der Waals surface area contributed by atoms with Gasteiger partial charge in [-0.2, -0.15) is 0 Å². The van der Waals surface area contributed by atoms with Gasteiger partial charge in [0.1, 0.15) is 5.88 Å². The normalized spacial score (nSPS) is 14.8. The average Bonchev–Trinajstić information content (AvgIpc) is 2.85. The lowest BCUT2D eigenvalue weighted by atomic mass is 10.1. The minimum atomic E-state index is -0.720. The zero-order chi connectivity index (χ0) is 17.1. The summed E-state index contributed by atoms with van der Waals surface area (Å²) in [4.78, 5) is 30.1. The number of hydrogen-bond donors (Lipinski definition) is 0. The van der Waals surface area contributed by atoms with E-state index in [1.165, 1.54) is 0 Å². The number of nitrogens with zero attached hydrogens (tertiary/aromatic N) is 2. The van der Waals surface area contributed by atoms with Crippen molar-refractivity contribution in [3.05, 3.63) is 64.7 Å². The first-order valence-corrected chi connectivity index (χ1v) is 8.01. The van der Waals surface area contributed by atoms with E-state index in [1.807, 2.05) is 24.3 Å². The van der Waals surface area contributed by atoms with Gasteiger partial charge in [0.25, 0.3) is 5.91 Å². The predicted octanol–water partition coefficient (Wildman–Crippen LogP) is 3.37. The number of carbonyl (C=O) groups excluding carboxylic acids is 2. The molecule has 122 valence electrons. The molecule has 1 aliphatic rings. The zero-order valence-corrected chi connectivity index (χ0v) is 13.9. The maximum absolute atomic E-state index is 12.7. The molecule has 1 heterocycles. The van der Waals surface area contributed by atoms with Gasteiger partial charge in [0, 0.05) is 10.6 Å². The van der Waals surface area contributed by atoms with Gasteiger partial charge in [-0.1, -0.05) is 47.1 Å². The van der Waals surface area contributed by atoms with Crippen LogP contribution in [-0.4, -0.2) is 23.5 Å². The van der Waals surface area contributed by atoms with Crippen LogP contribution in [0.4, 0.5) is 5.69 Å². The molecule has 0 N–H and O–H groups in total. The van der Waals surface area contributed by atoms with E-state index in [0.29, 0.717) is 22.8 Å². The Kier molecular flexibility index (Phi) is 4.83. The van der Waals surface area contributed by atoms with E-state index >= 15 is 0 Å². The Hall–Kier alpha value is -2.37. The van der Waals surface area contributed by atoms with Crippen molar-refractivity contribution >= 4 is 46.5 Å². The van der Waals surface area contributed by atoms with Crippen LogP contribution in [0, 0.1) is 0 Å². The minimum absolute atomic E-state index is 0.0751. The van der Waals surface area contributed by atoms with Gasteiger partial charge < -0.3 is 9.74 Å². The Bertz CT molecular complexity index is 836. The molecule has 7 heteroatoms. The molecule has 0 bridgehead atoms. The van der Waals surface area contributed by atoms with Gasteiger partial charge in [-0.3, -0.25) is 4.79 Å². The Morgan fingerprint density at radius 2 is 1.96 bits per heavy atom. The Morgan fingerprint density at radius 3 is 2.71 bits per heavy atom. The monoisotopic (exact) mass is 362 g/mol. The van der Waals surface area contributed by atoms with Gasteiger partial charge in [0.15, 0.2) is 5.71 Å². The lowest BCUT2D eigenvalue weighted by Crippen LogP contribution is -2.29. The summed E-state index contributed by atoms with van der Waals surface area (Å²) in [6.07, 6.45) is 0. The number of halogens is 2. The molecule has 0 unspecified atom stereocenters. The number of oxime groups is 1. The second-order valence-corrected chi connectivity index (χ2v) is 5.78. The molecule has 2 aromatic carbocycles. The summed E-state index contributed by atoms with van der Waals surface area (Å²) in [5.74, 6) is -1.40. The van der Waals surface area contributed by atoms with Crippen LogP contribution >= 0.6 is 23.2 Å². The molecule has 0 saturated carbocycles. The molecule has 2 aromatic rings. The summed E-state index contributed by atoms with van der Waals surface area (Å²) < 4.78 is 0. The number of carbonyl (C=O) groups is 2. The van der Waals surface area contributed by atoms with E-state index in [9.17, 15) is 9.59 Å². The van der Waals surface area contributed by atoms with Gasteiger partial charge in [0.2, 0.25) is 0 Å². The molecular weight excluding hydrogens is 351 g/mol. The van der Waals surface area contributed by atoms with Crippen LogP contribution in [0.15, 0.2) is 53.7 Å². The smallest absolute Gasteiger partial charge is 0.316 e. The molecule has 0 spiro atoms. The number of amides is 1. The highest BCUT2D eigenvalue weighted by Gasteiger charge is 2.34. The summed E-state index contributed by atoms with van der Waals surface area (Å²) in [7, 11) is 0. The molecule has 3 rings (SSSR count).